The van der Waals surface area contributed by atoms with Gasteiger partial charge in [-0.15, -0.1) is 0 Å². The molecular weight excluding hydrogens is 544 g/mol. The molecule has 1 aliphatic carbocycles. The maximum absolute atomic E-state index is 12.7. The second-order valence-electron chi connectivity index (χ2n) is 10.4. The normalized spacial score (nSPS) is 17.3. The first kappa shape index (κ1) is 26.8. The van der Waals surface area contributed by atoms with Gasteiger partial charge in [0.2, 0.25) is 21.9 Å². The lowest BCUT2D eigenvalue weighted by Crippen LogP contribution is -2.44. The molecule has 3 N–H and O–H groups in total. The van der Waals surface area contributed by atoms with E-state index in [9.17, 15) is 18.3 Å². The van der Waals surface area contributed by atoms with Gasteiger partial charge in [0, 0.05) is 42.3 Å². The van der Waals surface area contributed by atoms with Crippen LogP contribution in [0.5, 0.6) is 11.6 Å². The van der Waals surface area contributed by atoms with Gasteiger partial charge in [-0.2, -0.15) is 0 Å². The summed E-state index contributed by atoms with van der Waals surface area (Å²) in [5, 5.41) is 13.8. The van der Waals surface area contributed by atoms with Gasteiger partial charge in [-0.3, -0.25) is 4.72 Å². The van der Waals surface area contributed by atoms with Crippen molar-refractivity contribution in [3.63, 3.8) is 0 Å². The van der Waals surface area contributed by atoms with Crippen LogP contribution in [0.2, 0.25) is 0 Å². The summed E-state index contributed by atoms with van der Waals surface area (Å²) in [6.07, 6.45) is 5.28. The lowest BCUT2D eigenvalue weighted by Gasteiger charge is -2.31. The molecule has 1 unspecified atom stereocenters. The number of hydrogen-bond donors (Lipinski definition) is 3. The highest BCUT2D eigenvalue weighted by Crippen LogP contribution is 2.39. The molecule has 1 saturated carbocycles. The number of fused-ring (bicyclic) bond motifs is 1. The van der Waals surface area contributed by atoms with Crippen molar-refractivity contribution in [2.45, 2.75) is 43.9 Å². The second kappa shape index (κ2) is 10.8. The average molecular weight is 575 g/mol. The van der Waals surface area contributed by atoms with E-state index >= 15 is 0 Å². The van der Waals surface area contributed by atoms with Crippen LogP contribution in [-0.2, 0) is 10.0 Å². The van der Waals surface area contributed by atoms with Crippen molar-refractivity contribution in [2.75, 3.05) is 23.1 Å². The maximum Gasteiger partial charge on any atom is 0.407 e. The molecule has 0 radical (unpaired) electrons. The van der Waals surface area contributed by atoms with E-state index in [1.165, 1.54) is 4.90 Å². The zero-order valence-electron chi connectivity index (χ0n) is 22.4. The highest BCUT2D eigenvalue weighted by Gasteiger charge is 2.36. The summed E-state index contributed by atoms with van der Waals surface area (Å²) in [5.41, 5.74) is 2.61. The third-order valence-electron chi connectivity index (χ3n) is 7.35. The largest absolute Gasteiger partial charge is 0.465 e. The molecule has 41 heavy (non-hydrogen) atoms. The highest BCUT2D eigenvalue weighted by atomic mass is 32.2. The molecule has 3 heterocycles. The fourth-order valence-electron chi connectivity index (χ4n) is 5.07. The smallest absolute Gasteiger partial charge is 0.407 e. The van der Waals surface area contributed by atoms with Crippen molar-refractivity contribution >= 4 is 38.5 Å². The zero-order chi connectivity index (χ0) is 28.6. The Hall–Kier alpha value is -4.45. The lowest BCUT2D eigenvalue weighted by molar-refractivity contribution is 0.132. The summed E-state index contributed by atoms with van der Waals surface area (Å²) in [4.78, 5) is 26.3. The van der Waals surface area contributed by atoms with Crippen LogP contribution in [0.3, 0.4) is 0 Å². The molecule has 2 aromatic carbocycles. The van der Waals surface area contributed by atoms with Crippen molar-refractivity contribution < 1.29 is 23.1 Å². The molecule has 1 saturated heterocycles. The Morgan fingerprint density at radius 2 is 1.88 bits per heavy atom. The minimum atomic E-state index is -3.43. The quantitative estimate of drug-likeness (QED) is 0.257. The SMILES string of the molecule is Cc1ccc2c(NS(=O)(=O)C3CC3)cccc2c1Oc1ncccc1-c1ccnc(NC2CCCN(C(=O)O)C2)n1. The molecule has 1 amide bonds. The van der Waals surface area contributed by atoms with E-state index in [1.807, 2.05) is 31.2 Å². The molecule has 4 aromatic rings. The monoisotopic (exact) mass is 574 g/mol. The molecule has 11 nitrogen and oxygen atoms in total. The number of rotatable bonds is 8. The van der Waals surface area contributed by atoms with Gasteiger partial charge in [0.25, 0.3) is 0 Å². The molecule has 2 aromatic heterocycles. The Balaban J connectivity index is 1.30. The van der Waals surface area contributed by atoms with E-state index in [4.69, 9.17) is 4.74 Å². The maximum atomic E-state index is 12.7. The number of piperidine rings is 1. The number of anilines is 2. The number of aromatic nitrogens is 3. The number of amides is 1. The Morgan fingerprint density at radius 1 is 1.02 bits per heavy atom. The van der Waals surface area contributed by atoms with E-state index in [1.54, 1.807) is 36.7 Å². The van der Waals surface area contributed by atoms with E-state index in [-0.39, 0.29) is 11.3 Å². The van der Waals surface area contributed by atoms with Crippen LogP contribution >= 0.6 is 0 Å². The number of benzene rings is 2. The van der Waals surface area contributed by atoms with Crippen molar-refractivity contribution in [1.29, 1.82) is 0 Å². The van der Waals surface area contributed by atoms with Crippen LogP contribution in [0.15, 0.2) is 60.9 Å². The molecule has 2 aliphatic rings. The fourth-order valence-corrected chi connectivity index (χ4v) is 6.48. The first-order chi connectivity index (χ1) is 19.8. The number of pyridine rings is 1. The van der Waals surface area contributed by atoms with E-state index < -0.39 is 16.1 Å². The number of nitrogens with zero attached hydrogens (tertiary/aromatic N) is 4. The van der Waals surface area contributed by atoms with Crippen LogP contribution in [0, 0.1) is 6.92 Å². The summed E-state index contributed by atoms with van der Waals surface area (Å²) in [6, 6.07) is 14.6. The number of aryl methyl sites for hydroxylation is 1. The standard InChI is InChI=1S/C29H30N6O5S/c1-18-9-12-21-22(6-2-8-25(21)34-41(38,39)20-10-11-20)26(18)40-27-23(7-3-14-30-27)24-13-15-31-28(33-24)32-19-5-4-16-35(17-19)29(36)37/h2-3,6-9,12-15,19-20,34H,4-5,10-11,16-17H2,1H3,(H,36,37)(H,31,32,33). The molecule has 6 rings (SSSR count). The van der Waals surface area contributed by atoms with E-state index in [0.29, 0.717) is 60.5 Å². The number of sulfonamides is 1. The van der Waals surface area contributed by atoms with Gasteiger partial charge >= 0.3 is 6.09 Å². The predicted octanol–water partition coefficient (Wildman–Crippen LogP) is 5.25. The van der Waals surface area contributed by atoms with Gasteiger partial charge in [0.15, 0.2) is 0 Å². The number of carboxylic acid groups (broad SMARTS) is 1. The third-order valence-corrected chi connectivity index (χ3v) is 9.20. The summed E-state index contributed by atoms with van der Waals surface area (Å²) in [7, 11) is -3.43. The number of carbonyl (C=O) groups is 1. The number of hydrogen-bond acceptors (Lipinski definition) is 8. The van der Waals surface area contributed by atoms with Crippen LogP contribution < -0.4 is 14.8 Å². The minimum absolute atomic E-state index is 0.0930. The van der Waals surface area contributed by atoms with Gasteiger partial charge in [-0.25, -0.2) is 28.2 Å². The number of nitrogens with one attached hydrogen (secondary N) is 2. The Morgan fingerprint density at radius 3 is 2.68 bits per heavy atom. The molecule has 1 aliphatic heterocycles. The second-order valence-corrected chi connectivity index (χ2v) is 12.4. The first-order valence-corrected chi connectivity index (χ1v) is 15.1. The lowest BCUT2D eigenvalue weighted by atomic mass is 10.0. The summed E-state index contributed by atoms with van der Waals surface area (Å²) >= 11 is 0. The topological polar surface area (TPSA) is 147 Å². The number of ether oxygens (including phenoxy) is 1. The van der Waals surface area contributed by atoms with Gasteiger partial charge in [0.05, 0.1) is 22.2 Å². The van der Waals surface area contributed by atoms with E-state index in [0.717, 1.165) is 29.2 Å². The summed E-state index contributed by atoms with van der Waals surface area (Å²) in [5.74, 6) is 1.30. The van der Waals surface area contributed by atoms with Crippen LogP contribution in [-0.4, -0.2) is 63.9 Å². The van der Waals surface area contributed by atoms with Gasteiger partial charge in [0.1, 0.15) is 5.75 Å². The predicted molar refractivity (Wildman–Crippen MR) is 156 cm³/mol. The van der Waals surface area contributed by atoms with Crippen molar-refractivity contribution in [3.05, 3.63) is 66.5 Å². The molecule has 0 spiro atoms. The van der Waals surface area contributed by atoms with Gasteiger partial charge in [-0.1, -0.05) is 24.3 Å². The average Bonchev–Trinajstić information content (AvgIpc) is 3.82. The molecule has 12 heteroatoms. The van der Waals surface area contributed by atoms with Crippen molar-refractivity contribution in [3.8, 4) is 22.9 Å². The highest BCUT2D eigenvalue weighted by molar-refractivity contribution is 7.93. The van der Waals surface area contributed by atoms with Crippen LogP contribution in [0.25, 0.3) is 22.0 Å². The zero-order valence-corrected chi connectivity index (χ0v) is 23.3. The van der Waals surface area contributed by atoms with Gasteiger partial charge < -0.3 is 20.1 Å². The number of likely N-dealkylation sites (tertiary alicyclic amines) is 1. The molecule has 212 valence electrons. The Labute approximate surface area is 237 Å². The van der Waals surface area contributed by atoms with Crippen LogP contribution in [0.4, 0.5) is 16.4 Å². The summed E-state index contributed by atoms with van der Waals surface area (Å²) in [6.45, 7) is 2.81. The molecule has 0 bridgehead atoms. The van der Waals surface area contributed by atoms with Crippen molar-refractivity contribution in [1.82, 2.24) is 19.9 Å². The first-order valence-electron chi connectivity index (χ1n) is 13.5. The molecule has 1 atom stereocenters. The molecular formula is C29H30N6O5S. The van der Waals surface area contributed by atoms with Crippen LogP contribution in [0.1, 0.15) is 31.2 Å². The third kappa shape index (κ3) is 5.73. The Kier molecular flexibility index (Phi) is 7.08. The van der Waals surface area contributed by atoms with Gasteiger partial charge in [-0.05, 0) is 62.4 Å². The molecule has 2 fully saturated rings. The minimum Gasteiger partial charge on any atom is -0.465 e. The van der Waals surface area contributed by atoms with Crippen molar-refractivity contribution in [2.24, 2.45) is 0 Å². The Bertz CT molecular complexity index is 1730. The van der Waals surface area contributed by atoms with E-state index in [2.05, 4.69) is 25.0 Å². The fraction of sp³-hybridized carbons (Fsp3) is 0.310. The summed E-state index contributed by atoms with van der Waals surface area (Å²) < 4.78 is 34.5.